The lowest BCUT2D eigenvalue weighted by Gasteiger charge is -2.05. The third-order valence-corrected chi connectivity index (χ3v) is 1.95. The lowest BCUT2D eigenvalue weighted by atomic mass is 10.2. The van der Waals surface area contributed by atoms with E-state index in [0.29, 0.717) is 23.4 Å². The van der Waals surface area contributed by atoms with Crippen LogP contribution < -0.4 is 10.1 Å². The van der Waals surface area contributed by atoms with E-state index in [1.54, 1.807) is 30.3 Å². The van der Waals surface area contributed by atoms with Crippen LogP contribution in [0, 0.1) is 0 Å². The van der Waals surface area contributed by atoms with Crippen molar-refractivity contribution in [2.24, 2.45) is 0 Å². The highest BCUT2D eigenvalue weighted by Gasteiger charge is 2.04. The Morgan fingerprint density at radius 1 is 1.60 bits per heavy atom. The molecule has 0 aliphatic rings. The van der Waals surface area contributed by atoms with Gasteiger partial charge in [0.15, 0.2) is 0 Å². The van der Waals surface area contributed by atoms with Gasteiger partial charge in [0.25, 0.3) is 5.91 Å². The molecule has 1 aromatic rings. The third kappa shape index (κ3) is 3.75. The molecule has 0 saturated heterocycles. The summed E-state index contributed by atoms with van der Waals surface area (Å²) in [5.74, 6) is 0.535. The van der Waals surface area contributed by atoms with Crippen LogP contribution in [-0.2, 0) is 0 Å². The van der Waals surface area contributed by atoms with Crippen molar-refractivity contribution in [2.45, 2.75) is 0 Å². The monoisotopic (exact) mass is 269 g/mol. The summed E-state index contributed by atoms with van der Waals surface area (Å²) in [6.45, 7) is 3.99. The highest BCUT2D eigenvalue weighted by atomic mass is 79.9. The van der Waals surface area contributed by atoms with Gasteiger partial charge in [-0.05, 0) is 34.1 Å². The van der Waals surface area contributed by atoms with E-state index in [9.17, 15) is 4.79 Å². The molecule has 1 amide bonds. The van der Waals surface area contributed by atoms with Crippen LogP contribution in [0.1, 0.15) is 10.4 Å². The van der Waals surface area contributed by atoms with E-state index < -0.39 is 0 Å². The molecule has 15 heavy (non-hydrogen) atoms. The van der Waals surface area contributed by atoms with E-state index in [4.69, 9.17) is 4.74 Å². The minimum absolute atomic E-state index is 0.130. The first kappa shape index (κ1) is 11.8. The quantitative estimate of drug-likeness (QED) is 0.658. The number of hydrogen-bond donors (Lipinski definition) is 1. The van der Waals surface area contributed by atoms with Gasteiger partial charge in [0, 0.05) is 12.1 Å². The number of carbonyl (C=O) groups excluding carboxylic acids is 1. The molecule has 1 rings (SSSR count). The lowest BCUT2D eigenvalue weighted by Crippen LogP contribution is -2.23. The van der Waals surface area contributed by atoms with Crippen LogP contribution in [0.2, 0.25) is 0 Å². The highest BCUT2D eigenvalue weighted by molar-refractivity contribution is 9.09. The Bertz CT molecular complexity index is 352. The smallest absolute Gasteiger partial charge is 0.251 e. The fraction of sp³-hybridized carbons (Fsp3) is 0.182. The molecule has 3 nitrogen and oxygen atoms in total. The number of nitrogens with one attached hydrogen (secondary N) is 1. The summed E-state index contributed by atoms with van der Waals surface area (Å²) in [4.78, 5) is 11.5. The molecular weight excluding hydrogens is 258 g/mol. The van der Waals surface area contributed by atoms with Crippen LogP contribution in [0.4, 0.5) is 0 Å². The summed E-state index contributed by atoms with van der Waals surface area (Å²) < 4.78 is 5.22. The minimum atomic E-state index is -0.130. The van der Waals surface area contributed by atoms with Crippen LogP contribution in [0.25, 0.3) is 0 Å². The zero-order valence-corrected chi connectivity index (χ0v) is 9.79. The molecule has 0 unspecified atom stereocenters. The third-order valence-electron chi connectivity index (χ3n) is 1.72. The second-order valence-electron chi connectivity index (χ2n) is 2.78. The first-order chi connectivity index (χ1) is 7.27. The Kier molecular flexibility index (Phi) is 4.90. The number of carbonyl (C=O) groups is 1. The minimum Gasteiger partial charge on any atom is -0.482 e. The van der Waals surface area contributed by atoms with E-state index in [-0.39, 0.29) is 5.91 Å². The average Bonchev–Trinajstić information content (AvgIpc) is 2.27. The predicted molar refractivity (Wildman–Crippen MR) is 63.4 cm³/mol. The van der Waals surface area contributed by atoms with Gasteiger partial charge >= 0.3 is 0 Å². The SMILES string of the molecule is C=CCNC(=O)c1cccc(OCBr)c1. The summed E-state index contributed by atoms with van der Waals surface area (Å²) in [7, 11) is 0. The van der Waals surface area contributed by atoms with Gasteiger partial charge in [-0.2, -0.15) is 0 Å². The number of hydrogen-bond acceptors (Lipinski definition) is 2. The summed E-state index contributed by atoms with van der Waals surface area (Å²) in [6.07, 6.45) is 1.64. The van der Waals surface area contributed by atoms with E-state index in [2.05, 4.69) is 27.8 Å². The normalized spacial score (nSPS) is 9.40. The zero-order valence-electron chi connectivity index (χ0n) is 8.20. The first-order valence-corrected chi connectivity index (χ1v) is 5.58. The summed E-state index contributed by atoms with van der Waals surface area (Å²) in [5.41, 5.74) is 0.986. The number of amides is 1. The molecule has 0 aromatic heterocycles. The van der Waals surface area contributed by atoms with Gasteiger partial charge in [-0.15, -0.1) is 6.58 Å². The Balaban J connectivity index is 2.71. The summed E-state index contributed by atoms with van der Waals surface area (Å²) >= 11 is 3.15. The largest absolute Gasteiger partial charge is 0.482 e. The van der Waals surface area contributed by atoms with Gasteiger partial charge in [-0.3, -0.25) is 4.79 Å². The summed E-state index contributed by atoms with van der Waals surface area (Å²) in [6, 6.07) is 7.01. The van der Waals surface area contributed by atoms with E-state index in [1.165, 1.54) is 0 Å². The van der Waals surface area contributed by atoms with E-state index in [1.807, 2.05) is 0 Å². The maximum absolute atomic E-state index is 11.5. The standard InChI is InChI=1S/C11H12BrNO2/c1-2-6-13-11(14)9-4-3-5-10(7-9)15-8-12/h2-5,7H,1,6,8H2,(H,13,14). The Hall–Kier alpha value is -1.29. The van der Waals surface area contributed by atoms with Gasteiger partial charge < -0.3 is 10.1 Å². The number of ether oxygens (including phenoxy) is 1. The van der Waals surface area contributed by atoms with Crippen molar-refractivity contribution in [1.29, 1.82) is 0 Å². The molecule has 0 heterocycles. The van der Waals surface area contributed by atoms with Crippen molar-refractivity contribution < 1.29 is 9.53 Å². The fourth-order valence-electron chi connectivity index (χ4n) is 1.06. The molecule has 4 heteroatoms. The van der Waals surface area contributed by atoms with Crippen LogP contribution >= 0.6 is 15.9 Å². The van der Waals surface area contributed by atoms with Crippen molar-refractivity contribution in [2.75, 3.05) is 12.1 Å². The molecular formula is C11H12BrNO2. The lowest BCUT2D eigenvalue weighted by molar-refractivity contribution is 0.0957. The summed E-state index contributed by atoms with van der Waals surface area (Å²) in [5, 5.41) is 2.69. The Morgan fingerprint density at radius 3 is 3.07 bits per heavy atom. The van der Waals surface area contributed by atoms with E-state index >= 15 is 0 Å². The van der Waals surface area contributed by atoms with Gasteiger partial charge in [0.05, 0.1) is 0 Å². The molecule has 1 aromatic carbocycles. The Morgan fingerprint density at radius 2 is 2.40 bits per heavy atom. The van der Waals surface area contributed by atoms with Gasteiger partial charge in [0.1, 0.15) is 11.3 Å². The van der Waals surface area contributed by atoms with Gasteiger partial charge in [0.2, 0.25) is 0 Å². The second kappa shape index (κ2) is 6.24. The number of alkyl halides is 1. The molecule has 0 bridgehead atoms. The molecule has 80 valence electrons. The maximum atomic E-state index is 11.5. The molecule has 0 aliphatic carbocycles. The van der Waals surface area contributed by atoms with Crippen LogP contribution in [-0.4, -0.2) is 18.0 Å². The Labute approximate surface area is 97.3 Å². The van der Waals surface area contributed by atoms with Crippen molar-refractivity contribution in [1.82, 2.24) is 5.32 Å². The predicted octanol–water partition coefficient (Wildman–Crippen LogP) is 2.33. The first-order valence-electron chi connectivity index (χ1n) is 4.46. The van der Waals surface area contributed by atoms with Crippen LogP contribution in [0.3, 0.4) is 0 Å². The second-order valence-corrected chi connectivity index (χ2v) is 3.24. The molecule has 0 atom stereocenters. The van der Waals surface area contributed by atoms with Crippen LogP contribution in [0.15, 0.2) is 36.9 Å². The molecule has 0 radical (unpaired) electrons. The topological polar surface area (TPSA) is 38.3 Å². The van der Waals surface area contributed by atoms with Crippen molar-refractivity contribution in [3.63, 3.8) is 0 Å². The van der Waals surface area contributed by atoms with Crippen molar-refractivity contribution >= 4 is 21.8 Å². The molecule has 0 fully saturated rings. The zero-order chi connectivity index (χ0) is 11.1. The molecule has 0 aliphatic heterocycles. The van der Waals surface area contributed by atoms with Gasteiger partial charge in [-0.25, -0.2) is 0 Å². The van der Waals surface area contributed by atoms with Gasteiger partial charge in [-0.1, -0.05) is 12.1 Å². The maximum Gasteiger partial charge on any atom is 0.251 e. The van der Waals surface area contributed by atoms with E-state index in [0.717, 1.165) is 0 Å². The number of benzene rings is 1. The molecule has 0 spiro atoms. The number of halogens is 1. The van der Waals surface area contributed by atoms with Crippen molar-refractivity contribution in [3.8, 4) is 5.75 Å². The van der Waals surface area contributed by atoms with Crippen molar-refractivity contribution in [3.05, 3.63) is 42.5 Å². The number of rotatable bonds is 5. The highest BCUT2D eigenvalue weighted by Crippen LogP contribution is 2.13. The van der Waals surface area contributed by atoms with Crippen LogP contribution in [0.5, 0.6) is 5.75 Å². The average molecular weight is 270 g/mol. The molecule has 1 N–H and O–H groups in total. The fourth-order valence-corrected chi connectivity index (χ4v) is 1.32. The molecule has 0 saturated carbocycles.